The fourth-order valence-corrected chi connectivity index (χ4v) is 2.04. The molecule has 0 radical (unpaired) electrons. The van der Waals surface area contributed by atoms with Crippen LogP contribution in [-0.4, -0.2) is 21.3 Å². The van der Waals surface area contributed by atoms with Gasteiger partial charge in [0.15, 0.2) is 0 Å². The molecule has 88 valence electrons. The molecule has 0 unspecified atom stereocenters. The minimum atomic E-state index is -0.173. The first-order valence-electron chi connectivity index (χ1n) is 5.14. The monoisotopic (exact) mass is 247 g/mol. The Morgan fingerprint density at radius 2 is 2.00 bits per heavy atom. The van der Waals surface area contributed by atoms with Crippen LogP contribution in [0.25, 0.3) is 11.1 Å². The highest BCUT2D eigenvalue weighted by atomic mass is 32.2. The Labute approximate surface area is 104 Å². The SMILES string of the molecule is CSC(=O)n1nc(C)c(-c2ccccc2)c1N. The lowest BCUT2D eigenvalue weighted by Crippen LogP contribution is -2.10. The summed E-state index contributed by atoms with van der Waals surface area (Å²) in [4.78, 5) is 11.6. The smallest absolute Gasteiger partial charge is 0.307 e. The molecule has 2 N–H and O–H groups in total. The van der Waals surface area contributed by atoms with Gasteiger partial charge in [-0.2, -0.15) is 9.78 Å². The van der Waals surface area contributed by atoms with Gasteiger partial charge in [0.2, 0.25) is 0 Å². The van der Waals surface area contributed by atoms with E-state index in [0.717, 1.165) is 28.6 Å². The van der Waals surface area contributed by atoms with Crippen molar-refractivity contribution in [1.82, 2.24) is 9.78 Å². The lowest BCUT2D eigenvalue weighted by atomic mass is 10.1. The number of anilines is 1. The molecule has 0 aliphatic rings. The van der Waals surface area contributed by atoms with E-state index in [2.05, 4.69) is 5.10 Å². The Morgan fingerprint density at radius 3 is 2.59 bits per heavy atom. The molecule has 0 spiro atoms. The molecule has 0 bridgehead atoms. The Balaban J connectivity index is 2.57. The van der Waals surface area contributed by atoms with E-state index in [1.807, 2.05) is 37.3 Å². The molecule has 0 atom stereocenters. The lowest BCUT2D eigenvalue weighted by Gasteiger charge is -2.02. The van der Waals surface area contributed by atoms with Gasteiger partial charge in [-0.25, -0.2) is 0 Å². The van der Waals surface area contributed by atoms with Gasteiger partial charge < -0.3 is 5.73 Å². The summed E-state index contributed by atoms with van der Waals surface area (Å²) >= 11 is 1.09. The fraction of sp³-hybridized carbons (Fsp3) is 0.167. The quantitative estimate of drug-likeness (QED) is 0.841. The summed E-state index contributed by atoms with van der Waals surface area (Å²) in [5.74, 6) is 0.396. The molecular weight excluding hydrogens is 234 g/mol. The van der Waals surface area contributed by atoms with E-state index < -0.39 is 0 Å². The number of nitrogen functional groups attached to an aromatic ring is 1. The van der Waals surface area contributed by atoms with E-state index in [1.54, 1.807) is 6.26 Å². The van der Waals surface area contributed by atoms with Crippen molar-refractivity contribution in [3.05, 3.63) is 36.0 Å². The third-order valence-electron chi connectivity index (χ3n) is 2.51. The molecule has 1 aromatic heterocycles. The molecule has 1 aromatic carbocycles. The van der Waals surface area contributed by atoms with Crippen LogP contribution >= 0.6 is 11.8 Å². The van der Waals surface area contributed by atoms with Crippen molar-refractivity contribution in [3.63, 3.8) is 0 Å². The minimum Gasteiger partial charge on any atom is -0.383 e. The number of thioether (sulfide) groups is 1. The number of aryl methyl sites for hydroxylation is 1. The van der Waals surface area contributed by atoms with E-state index >= 15 is 0 Å². The number of carbonyl (C=O) groups excluding carboxylic acids is 1. The molecule has 0 saturated heterocycles. The first kappa shape index (κ1) is 11.7. The van der Waals surface area contributed by atoms with Crippen molar-refractivity contribution < 1.29 is 4.79 Å². The van der Waals surface area contributed by atoms with E-state index in [4.69, 9.17) is 5.73 Å². The highest BCUT2D eigenvalue weighted by Crippen LogP contribution is 2.29. The van der Waals surface area contributed by atoms with E-state index in [1.165, 1.54) is 4.68 Å². The molecular formula is C12H13N3OS. The number of nitrogens with zero attached hydrogens (tertiary/aromatic N) is 2. The molecule has 1 heterocycles. The Bertz CT molecular complexity index is 548. The molecule has 0 fully saturated rings. The zero-order chi connectivity index (χ0) is 12.4. The van der Waals surface area contributed by atoms with Crippen molar-refractivity contribution in [2.45, 2.75) is 6.92 Å². The van der Waals surface area contributed by atoms with Gasteiger partial charge >= 0.3 is 5.24 Å². The number of hydrogen-bond acceptors (Lipinski definition) is 4. The Morgan fingerprint density at radius 1 is 1.35 bits per heavy atom. The standard InChI is InChI=1S/C12H13N3OS/c1-8-10(9-6-4-3-5-7-9)11(13)15(14-8)12(16)17-2/h3-7H,13H2,1-2H3. The second-order valence-corrected chi connectivity index (χ2v) is 4.35. The summed E-state index contributed by atoms with van der Waals surface area (Å²) in [6, 6.07) is 9.71. The zero-order valence-electron chi connectivity index (χ0n) is 9.68. The number of hydrogen-bond donors (Lipinski definition) is 1. The topological polar surface area (TPSA) is 60.9 Å². The van der Waals surface area contributed by atoms with Crippen LogP contribution in [0.3, 0.4) is 0 Å². The van der Waals surface area contributed by atoms with Crippen molar-refractivity contribution in [3.8, 4) is 11.1 Å². The van der Waals surface area contributed by atoms with Crippen molar-refractivity contribution in [2.24, 2.45) is 0 Å². The Kier molecular flexibility index (Phi) is 3.19. The number of nitrogens with two attached hydrogens (primary N) is 1. The van der Waals surface area contributed by atoms with Gasteiger partial charge in [0, 0.05) is 5.56 Å². The predicted molar refractivity (Wildman–Crippen MR) is 71.1 cm³/mol. The normalized spacial score (nSPS) is 10.5. The summed E-state index contributed by atoms with van der Waals surface area (Å²) in [7, 11) is 0. The average Bonchev–Trinajstić information content (AvgIpc) is 2.65. The fourth-order valence-electron chi connectivity index (χ4n) is 1.73. The van der Waals surface area contributed by atoms with Crippen molar-refractivity contribution >= 4 is 22.8 Å². The second-order valence-electron chi connectivity index (χ2n) is 3.59. The van der Waals surface area contributed by atoms with Gasteiger partial charge in [-0.15, -0.1) is 0 Å². The number of rotatable bonds is 1. The molecule has 2 aromatic rings. The molecule has 17 heavy (non-hydrogen) atoms. The first-order chi connectivity index (χ1) is 8.15. The summed E-state index contributed by atoms with van der Waals surface area (Å²) in [6.07, 6.45) is 1.71. The average molecular weight is 247 g/mol. The van der Waals surface area contributed by atoms with Crippen LogP contribution in [0, 0.1) is 6.92 Å². The van der Waals surface area contributed by atoms with Crippen LogP contribution in [0.2, 0.25) is 0 Å². The molecule has 5 heteroatoms. The third kappa shape index (κ3) is 2.06. The maximum absolute atomic E-state index is 11.6. The van der Waals surface area contributed by atoms with E-state index in [-0.39, 0.29) is 5.24 Å². The van der Waals surface area contributed by atoms with Crippen LogP contribution in [0.5, 0.6) is 0 Å². The second kappa shape index (κ2) is 4.63. The first-order valence-corrected chi connectivity index (χ1v) is 6.36. The number of aromatic nitrogens is 2. The van der Waals surface area contributed by atoms with Gasteiger partial charge in [0.25, 0.3) is 0 Å². The maximum atomic E-state index is 11.6. The van der Waals surface area contributed by atoms with Gasteiger partial charge in [-0.05, 0) is 18.7 Å². The number of carbonyl (C=O) groups is 1. The summed E-state index contributed by atoms with van der Waals surface area (Å²) in [5, 5.41) is 4.01. The maximum Gasteiger partial charge on any atom is 0.307 e. The lowest BCUT2D eigenvalue weighted by molar-refractivity contribution is 0.260. The zero-order valence-corrected chi connectivity index (χ0v) is 10.5. The molecule has 2 rings (SSSR count). The molecule has 0 amide bonds. The van der Waals surface area contributed by atoms with Gasteiger partial charge in [0.05, 0.1) is 5.69 Å². The highest BCUT2D eigenvalue weighted by Gasteiger charge is 2.17. The van der Waals surface area contributed by atoms with Crippen LogP contribution in [0.1, 0.15) is 5.69 Å². The van der Waals surface area contributed by atoms with Crippen LogP contribution in [-0.2, 0) is 0 Å². The summed E-state index contributed by atoms with van der Waals surface area (Å²) in [5.41, 5.74) is 8.54. The molecule has 0 aliphatic heterocycles. The van der Waals surface area contributed by atoms with Crippen molar-refractivity contribution in [2.75, 3.05) is 12.0 Å². The molecule has 4 nitrogen and oxygen atoms in total. The van der Waals surface area contributed by atoms with E-state index in [0.29, 0.717) is 5.82 Å². The van der Waals surface area contributed by atoms with Crippen LogP contribution < -0.4 is 5.73 Å². The van der Waals surface area contributed by atoms with Gasteiger partial charge in [-0.3, -0.25) is 4.79 Å². The largest absolute Gasteiger partial charge is 0.383 e. The number of benzene rings is 1. The van der Waals surface area contributed by atoms with E-state index in [9.17, 15) is 4.79 Å². The highest BCUT2D eigenvalue weighted by molar-refractivity contribution is 8.13. The molecule has 0 aliphatic carbocycles. The third-order valence-corrected chi connectivity index (χ3v) is 3.03. The Hall–Kier alpha value is -1.75. The minimum absolute atomic E-state index is 0.173. The summed E-state index contributed by atoms with van der Waals surface area (Å²) in [6.45, 7) is 1.85. The van der Waals surface area contributed by atoms with Crippen LogP contribution in [0.4, 0.5) is 10.6 Å². The molecule has 0 saturated carbocycles. The van der Waals surface area contributed by atoms with Gasteiger partial charge in [0.1, 0.15) is 5.82 Å². The predicted octanol–water partition coefficient (Wildman–Crippen LogP) is 2.77. The van der Waals surface area contributed by atoms with Crippen molar-refractivity contribution in [1.29, 1.82) is 0 Å². The van der Waals surface area contributed by atoms with Gasteiger partial charge in [-0.1, -0.05) is 42.1 Å². The summed E-state index contributed by atoms with van der Waals surface area (Å²) < 4.78 is 1.25. The van der Waals surface area contributed by atoms with Crippen LogP contribution in [0.15, 0.2) is 30.3 Å².